The summed E-state index contributed by atoms with van der Waals surface area (Å²) in [4.78, 5) is 10.5. The van der Waals surface area contributed by atoms with Crippen molar-refractivity contribution < 1.29 is 29.0 Å². The van der Waals surface area contributed by atoms with Crippen molar-refractivity contribution in [3.63, 3.8) is 0 Å². The Labute approximate surface area is 79.7 Å². The first kappa shape index (κ1) is 10.7. The van der Waals surface area contributed by atoms with Crippen LogP contribution in [0, 0.1) is 0 Å². The Balaban J connectivity index is 2.66. The van der Waals surface area contributed by atoms with Crippen molar-refractivity contribution >= 4 is 18.9 Å². The van der Waals surface area contributed by atoms with Crippen molar-refractivity contribution in [1.82, 2.24) is 0 Å². The van der Waals surface area contributed by atoms with E-state index in [0.717, 1.165) is 0 Å². The van der Waals surface area contributed by atoms with Crippen molar-refractivity contribution in [2.75, 3.05) is 0 Å². The van der Waals surface area contributed by atoms with Crippen LogP contribution in [-0.2, 0) is 13.7 Å². The van der Waals surface area contributed by atoms with E-state index in [1.165, 1.54) is 0 Å². The van der Waals surface area contributed by atoms with Gasteiger partial charge in [0, 0.05) is 6.42 Å². The normalized spacial score (nSPS) is 40.2. The van der Waals surface area contributed by atoms with E-state index in [0.29, 0.717) is 0 Å². The van der Waals surface area contributed by atoms with E-state index < -0.39 is 30.6 Å². The molecule has 0 aromatic rings. The summed E-state index contributed by atoms with van der Waals surface area (Å²) in [5.41, 5.74) is 0. The quantitative estimate of drug-likeness (QED) is 0.336. The summed E-state index contributed by atoms with van der Waals surface area (Å²) < 4.78 is 9.20. The van der Waals surface area contributed by atoms with Crippen molar-refractivity contribution in [3.8, 4) is 0 Å². The molecule has 1 rings (SSSR count). The molecule has 0 aromatic carbocycles. The zero-order valence-electron chi connectivity index (χ0n) is 6.53. The van der Waals surface area contributed by atoms with Crippen molar-refractivity contribution in [2.24, 2.45) is 0 Å². The Bertz CT molecular complexity index is 198. The van der Waals surface area contributed by atoms with Crippen LogP contribution in [0.5, 0.6) is 0 Å². The van der Waals surface area contributed by atoms with E-state index in [1.807, 2.05) is 0 Å². The average Bonchev–Trinajstić information content (AvgIpc) is 2.09. The highest BCUT2D eigenvalue weighted by molar-refractivity contribution is 7.75. The number of hydrogen-bond donors (Lipinski definition) is 4. The molecule has 1 aliphatic heterocycles. The van der Waals surface area contributed by atoms with Crippen LogP contribution in [0.25, 0.3) is 0 Å². The van der Waals surface area contributed by atoms with E-state index in [2.05, 4.69) is 17.1 Å². The number of thiol groups is 1. The van der Waals surface area contributed by atoms with Crippen LogP contribution in [0.2, 0.25) is 0 Å². The molecule has 6 nitrogen and oxygen atoms in total. The lowest BCUT2D eigenvalue weighted by Gasteiger charge is -2.33. The third kappa shape index (κ3) is 2.32. The number of carboxylic acid groups (broad SMARTS) is 1. The molecular weight excluding hydrogens is 200 g/mol. The average molecular weight is 210 g/mol. The highest BCUT2D eigenvalue weighted by Gasteiger charge is 2.41. The van der Waals surface area contributed by atoms with E-state index in [-0.39, 0.29) is 6.42 Å². The number of carboxylic acids is 1. The smallest absolute Gasteiger partial charge is 0.335 e. The lowest BCUT2D eigenvalue weighted by molar-refractivity contribution is -0.225. The molecule has 1 saturated heterocycles. The Morgan fingerprint density at radius 1 is 1.54 bits per heavy atom. The fraction of sp³-hybridized carbons (Fsp3) is 0.833. The van der Waals surface area contributed by atoms with Gasteiger partial charge >= 0.3 is 5.97 Å². The molecule has 0 spiro atoms. The number of aliphatic hydroxyl groups is 2. The first-order valence-electron chi connectivity index (χ1n) is 3.61. The minimum Gasteiger partial charge on any atom is -0.479 e. The molecule has 0 bridgehead atoms. The molecule has 1 aliphatic rings. The van der Waals surface area contributed by atoms with Gasteiger partial charge in [-0.25, -0.2) is 4.79 Å². The van der Waals surface area contributed by atoms with Gasteiger partial charge in [-0.2, -0.15) is 0 Å². The maximum Gasteiger partial charge on any atom is 0.335 e. The van der Waals surface area contributed by atoms with Gasteiger partial charge in [0.15, 0.2) is 12.4 Å². The molecule has 1 fully saturated rings. The third-order valence-corrected chi connectivity index (χ3v) is 2.03. The number of aliphatic hydroxyl groups excluding tert-OH is 2. The van der Waals surface area contributed by atoms with Crippen LogP contribution in [0.15, 0.2) is 0 Å². The Kier molecular flexibility index (Phi) is 3.51. The molecule has 4 atom stereocenters. The molecule has 0 radical (unpaired) electrons. The number of rotatable bonds is 2. The first-order valence-corrected chi connectivity index (χ1v) is 3.97. The number of ether oxygens (including phenoxy) is 1. The summed E-state index contributed by atoms with van der Waals surface area (Å²) in [5.74, 6) is -1.35. The van der Waals surface area contributed by atoms with E-state index in [1.54, 1.807) is 0 Å². The maximum atomic E-state index is 10.5. The van der Waals surface area contributed by atoms with Crippen molar-refractivity contribution in [2.45, 2.75) is 31.0 Å². The van der Waals surface area contributed by atoms with Crippen molar-refractivity contribution in [1.29, 1.82) is 0 Å². The molecular formula is C6H10O6S. The maximum absolute atomic E-state index is 10.5. The SMILES string of the molecule is O=C(O)C1O[C@H](OS)CC(O)[C@@H]1O. The predicted octanol–water partition coefficient (Wildman–Crippen LogP) is -1.23. The summed E-state index contributed by atoms with van der Waals surface area (Å²) in [5, 5.41) is 26.9. The van der Waals surface area contributed by atoms with Crippen LogP contribution in [0.1, 0.15) is 6.42 Å². The van der Waals surface area contributed by atoms with Crippen LogP contribution in [0.3, 0.4) is 0 Å². The summed E-state index contributed by atoms with van der Waals surface area (Å²) in [6, 6.07) is 0. The zero-order chi connectivity index (χ0) is 10.0. The lowest BCUT2D eigenvalue weighted by atomic mass is 10.0. The molecule has 13 heavy (non-hydrogen) atoms. The van der Waals surface area contributed by atoms with Crippen LogP contribution < -0.4 is 0 Å². The highest BCUT2D eigenvalue weighted by atomic mass is 32.1. The third-order valence-electron chi connectivity index (χ3n) is 1.80. The van der Waals surface area contributed by atoms with E-state index in [9.17, 15) is 15.0 Å². The van der Waals surface area contributed by atoms with Crippen LogP contribution >= 0.6 is 12.9 Å². The Hall–Kier alpha value is -0.340. The second kappa shape index (κ2) is 4.25. The second-order valence-corrected chi connectivity index (χ2v) is 2.93. The first-order chi connectivity index (χ1) is 6.06. The van der Waals surface area contributed by atoms with E-state index in [4.69, 9.17) is 9.84 Å². The van der Waals surface area contributed by atoms with Gasteiger partial charge in [0.25, 0.3) is 0 Å². The van der Waals surface area contributed by atoms with Gasteiger partial charge in [0.2, 0.25) is 0 Å². The lowest BCUT2D eigenvalue weighted by Crippen LogP contribution is -2.51. The fourth-order valence-corrected chi connectivity index (χ4v) is 1.25. The predicted molar refractivity (Wildman–Crippen MR) is 43.0 cm³/mol. The summed E-state index contributed by atoms with van der Waals surface area (Å²) in [6.45, 7) is 0. The standard InChI is InChI=1S/C6H10O6S/c7-2-1-3(12-13)11-5(4(2)8)6(9)10/h2-5,7-8,13H,1H2,(H,9,10)/t2?,3-,4+,5?/m1/s1. The minimum atomic E-state index is -1.47. The van der Waals surface area contributed by atoms with Gasteiger partial charge in [-0.1, -0.05) is 0 Å². The van der Waals surface area contributed by atoms with Gasteiger partial charge in [-0.3, -0.25) is 4.18 Å². The van der Waals surface area contributed by atoms with Crippen LogP contribution in [0.4, 0.5) is 0 Å². The van der Waals surface area contributed by atoms with Gasteiger partial charge in [-0.15, -0.1) is 0 Å². The molecule has 2 unspecified atom stereocenters. The highest BCUT2D eigenvalue weighted by Crippen LogP contribution is 2.21. The molecule has 76 valence electrons. The monoisotopic (exact) mass is 210 g/mol. The van der Waals surface area contributed by atoms with Gasteiger partial charge < -0.3 is 20.1 Å². The van der Waals surface area contributed by atoms with Crippen molar-refractivity contribution in [3.05, 3.63) is 0 Å². The zero-order valence-corrected chi connectivity index (χ0v) is 7.42. The molecule has 3 N–H and O–H groups in total. The van der Waals surface area contributed by atoms with Gasteiger partial charge in [0.1, 0.15) is 6.10 Å². The summed E-state index contributed by atoms with van der Waals surface area (Å²) in [7, 11) is 0. The Morgan fingerprint density at radius 2 is 2.15 bits per heavy atom. The molecule has 0 aliphatic carbocycles. The molecule has 0 amide bonds. The molecule has 7 heteroatoms. The largest absolute Gasteiger partial charge is 0.479 e. The Morgan fingerprint density at radius 3 is 2.62 bits per heavy atom. The van der Waals surface area contributed by atoms with Gasteiger partial charge in [-0.05, 0) is 12.9 Å². The van der Waals surface area contributed by atoms with Crippen LogP contribution in [-0.4, -0.2) is 45.9 Å². The number of hydrogen-bond acceptors (Lipinski definition) is 6. The van der Waals surface area contributed by atoms with Gasteiger partial charge in [0.05, 0.1) is 6.10 Å². The second-order valence-electron chi connectivity index (χ2n) is 2.72. The summed E-state index contributed by atoms with van der Waals surface area (Å²) in [6.07, 6.45) is -5.00. The molecule has 0 saturated carbocycles. The molecule has 0 aromatic heterocycles. The fourth-order valence-electron chi connectivity index (χ4n) is 1.11. The topological polar surface area (TPSA) is 96.2 Å². The van der Waals surface area contributed by atoms with E-state index >= 15 is 0 Å². The minimum absolute atomic E-state index is 0.00551. The number of aliphatic carboxylic acids is 1. The molecule has 1 heterocycles. The number of carbonyl (C=O) groups is 1. The summed E-state index contributed by atoms with van der Waals surface area (Å²) >= 11 is 3.43.